The molecular weight excluding hydrogens is 287 g/mol. The molecule has 3 aromatic rings. The van der Waals surface area contributed by atoms with Crippen molar-refractivity contribution in [2.24, 2.45) is 0 Å². The number of nitriles is 1. The van der Waals surface area contributed by atoms with E-state index in [1.807, 2.05) is 26.1 Å². The third kappa shape index (κ3) is 2.48. The Morgan fingerprint density at radius 3 is 3.00 bits per heavy atom. The summed E-state index contributed by atoms with van der Waals surface area (Å²) in [4.78, 5) is 6.67. The SMILES string of the molecule is Cc1cn2c(CNc3ccc(F)cc3C#N)c(C)nc2s1. The van der Waals surface area contributed by atoms with Crippen LogP contribution < -0.4 is 5.32 Å². The summed E-state index contributed by atoms with van der Waals surface area (Å²) < 4.78 is 15.2. The van der Waals surface area contributed by atoms with Crippen molar-refractivity contribution in [2.75, 3.05) is 5.32 Å². The Kier molecular flexibility index (Phi) is 3.35. The highest BCUT2D eigenvalue weighted by molar-refractivity contribution is 7.17. The smallest absolute Gasteiger partial charge is 0.194 e. The van der Waals surface area contributed by atoms with E-state index in [0.29, 0.717) is 17.8 Å². The Hall–Kier alpha value is -2.39. The van der Waals surface area contributed by atoms with Crippen molar-refractivity contribution in [1.82, 2.24) is 9.38 Å². The lowest BCUT2D eigenvalue weighted by molar-refractivity contribution is 0.627. The van der Waals surface area contributed by atoms with Crippen LogP contribution in [-0.2, 0) is 6.54 Å². The van der Waals surface area contributed by atoms with Gasteiger partial charge in [-0.1, -0.05) is 0 Å². The molecule has 21 heavy (non-hydrogen) atoms. The highest BCUT2D eigenvalue weighted by atomic mass is 32.1. The number of nitrogens with zero attached hydrogens (tertiary/aromatic N) is 3. The van der Waals surface area contributed by atoms with Gasteiger partial charge in [0, 0.05) is 11.1 Å². The molecule has 0 unspecified atom stereocenters. The second-order valence-electron chi connectivity index (χ2n) is 4.79. The molecule has 106 valence electrons. The van der Waals surface area contributed by atoms with Gasteiger partial charge in [0.25, 0.3) is 0 Å². The number of nitrogens with one attached hydrogen (secondary N) is 1. The van der Waals surface area contributed by atoms with Crippen LogP contribution >= 0.6 is 11.3 Å². The molecule has 0 radical (unpaired) electrons. The van der Waals surface area contributed by atoms with Gasteiger partial charge in [-0.2, -0.15) is 5.26 Å². The van der Waals surface area contributed by atoms with Crippen molar-refractivity contribution in [3.05, 3.63) is 52.0 Å². The van der Waals surface area contributed by atoms with Gasteiger partial charge in [-0.15, -0.1) is 11.3 Å². The van der Waals surface area contributed by atoms with E-state index in [1.54, 1.807) is 17.4 Å². The molecule has 4 nitrogen and oxygen atoms in total. The summed E-state index contributed by atoms with van der Waals surface area (Å²) in [5.41, 5.74) is 2.92. The number of halogens is 1. The largest absolute Gasteiger partial charge is 0.378 e. The molecule has 0 spiro atoms. The predicted octanol–water partition coefficient (Wildman–Crippen LogP) is 3.64. The van der Waals surface area contributed by atoms with Gasteiger partial charge in [-0.05, 0) is 32.0 Å². The molecule has 0 aliphatic rings. The molecule has 1 aromatic carbocycles. The molecule has 1 N–H and O–H groups in total. The van der Waals surface area contributed by atoms with Crippen molar-refractivity contribution in [3.63, 3.8) is 0 Å². The number of rotatable bonds is 3. The maximum absolute atomic E-state index is 13.1. The number of anilines is 1. The van der Waals surface area contributed by atoms with E-state index < -0.39 is 5.82 Å². The number of hydrogen-bond donors (Lipinski definition) is 1. The van der Waals surface area contributed by atoms with Crippen LogP contribution in [0.1, 0.15) is 21.8 Å². The summed E-state index contributed by atoms with van der Waals surface area (Å²) in [6.45, 7) is 4.53. The normalized spacial score (nSPS) is 10.8. The van der Waals surface area contributed by atoms with Crippen LogP contribution in [0, 0.1) is 31.0 Å². The maximum atomic E-state index is 13.1. The van der Waals surface area contributed by atoms with E-state index in [2.05, 4.69) is 14.7 Å². The van der Waals surface area contributed by atoms with Crippen molar-refractivity contribution in [3.8, 4) is 6.07 Å². The number of hydrogen-bond acceptors (Lipinski definition) is 4. The monoisotopic (exact) mass is 300 g/mol. The number of fused-ring (bicyclic) bond motifs is 1. The van der Waals surface area contributed by atoms with Crippen LogP contribution in [0.5, 0.6) is 0 Å². The molecule has 6 heteroatoms. The Morgan fingerprint density at radius 2 is 2.24 bits per heavy atom. The van der Waals surface area contributed by atoms with Gasteiger partial charge in [0.2, 0.25) is 0 Å². The quantitative estimate of drug-likeness (QED) is 0.803. The van der Waals surface area contributed by atoms with Gasteiger partial charge < -0.3 is 5.32 Å². The topological polar surface area (TPSA) is 53.1 Å². The first kappa shape index (κ1) is 13.6. The predicted molar refractivity (Wildman–Crippen MR) is 81.0 cm³/mol. The molecule has 3 rings (SSSR count). The number of benzene rings is 1. The van der Waals surface area contributed by atoms with E-state index in [1.165, 1.54) is 17.0 Å². The van der Waals surface area contributed by atoms with Crippen molar-refractivity contribution < 1.29 is 4.39 Å². The molecule has 0 bridgehead atoms. The Balaban J connectivity index is 1.90. The van der Waals surface area contributed by atoms with Crippen molar-refractivity contribution >= 4 is 22.0 Å². The number of thiazole rings is 1. The molecule has 2 heterocycles. The third-order valence-electron chi connectivity index (χ3n) is 3.29. The molecule has 0 amide bonds. The van der Waals surface area contributed by atoms with Gasteiger partial charge in [-0.25, -0.2) is 9.37 Å². The van der Waals surface area contributed by atoms with Gasteiger partial charge in [0.05, 0.1) is 29.2 Å². The summed E-state index contributed by atoms with van der Waals surface area (Å²) in [5.74, 6) is -0.409. The first-order chi connectivity index (χ1) is 10.1. The summed E-state index contributed by atoms with van der Waals surface area (Å²) in [6, 6.07) is 6.16. The summed E-state index contributed by atoms with van der Waals surface area (Å²) >= 11 is 1.64. The van der Waals surface area contributed by atoms with Crippen LogP contribution in [0.4, 0.5) is 10.1 Å². The minimum absolute atomic E-state index is 0.301. The average molecular weight is 300 g/mol. The van der Waals surface area contributed by atoms with E-state index >= 15 is 0 Å². The molecule has 0 aliphatic carbocycles. The fourth-order valence-electron chi connectivity index (χ4n) is 2.26. The Labute approximate surface area is 125 Å². The summed E-state index contributed by atoms with van der Waals surface area (Å²) in [5, 5.41) is 12.2. The van der Waals surface area contributed by atoms with Crippen LogP contribution in [0.15, 0.2) is 24.4 Å². The number of aryl methyl sites for hydroxylation is 2. The fraction of sp³-hybridized carbons (Fsp3) is 0.200. The second-order valence-corrected chi connectivity index (χ2v) is 6.01. The average Bonchev–Trinajstić information content (AvgIpc) is 2.93. The van der Waals surface area contributed by atoms with Crippen molar-refractivity contribution in [1.29, 1.82) is 5.26 Å². The Morgan fingerprint density at radius 1 is 1.43 bits per heavy atom. The zero-order valence-electron chi connectivity index (χ0n) is 11.6. The molecule has 0 saturated heterocycles. The number of imidazole rings is 1. The van der Waals surface area contributed by atoms with Crippen LogP contribution in [0.2, 0.25) is 0 Å². The molecule has 0 fully saturated rings. The number of aromatic nitrogens is 2. The third-order valence-corrected chi connectivity index (χ3v) is 4.19. The molecule has 0 atom stereocenters. The molecular formula is C15H13FN4S. The Bertz CT molecular complexity index is 857. The van der Waals surface area contributed by atoms with Gasteiger partial charge >= 0.3 is 0 Å². The van der Waals surface area contributed by atoms with Crippen LogP contribution in [-0.4, -0.2) is 9.38 Å². The van der Waals surface area contributed by atoms with Gasteiger partial charge in [0.15, 0.2) is 4.96 Å². The lowest BCUT2D eigenvalue weighted by Crippen LogP contribution is -2.05. The van der Waals surface area contributed by atoms with Gasteiger partial charge in [0.1, 0.15) is 11.9 Å². The van der Waals surface area contributed by atoms with Crippen molar-refractivity contribution in [2.45, 2.75) is 20.4 Å². The van der Waals surface area contributed by atoms with E-state index in [0.717, 1.165) is 16.3 Å². The zero-order valence-corrected chi connectivity index (χ0v) is 12.5. The second kappa shape index (κ2) is 5.19. The molecule has 0 saturated carbocycles. The standard InChI is InChI=1S/C15H13FN4S/c1-9-8-20-14(10(2)19-15(20)21-9)7-18-13-4-3-12(16)5-11(13)6-17/h3-5,8,18H,7H2,1-2H3. The van der Waals surface area contributed by atoms with E-state index in [-0.39, 0.29) is 0 Å². The zero-order chi connectivity index (χ0) is 15.0. The fourth-order valence-corrected chi connectivity index (χ4v) is 3.15. The summed E-state index contributed by atoms with van der Waals surface area (Å²) in [7, 11) is 0. The van der Waals surface area contributed by atoms with E-state index in [4.69, 9.17) is 5.26 Å². The minimum atomic E-state index is -0.409. The summed E-state index contributed by atoms with van der Waals surface area (Å²) in [6.07, 6.45) is 2.05. The molecule has 2 aromatic heterocycles. The lowest BCUT2D eigenvalue weighted by Gasteiger charge is -2.08. The first-order valence-corrected chi connectivity index (χ1v) is 7.27. The lowest BCUT2D eigenvalue weighted by atomic mass is 10.2. The maximum Gasteiger partial charge on any atom is 0.194 e. The van der Waals surface area contributed by atoms with E-state index in [9.17, 15) is 4.39 Å². The van der Waals surface area contributed by atoms with Crippen LogP contribution in [0.3, 0.4) is 0 Å². The molecule has 0 aliphatic heterocycles. The first-order valence-electron chi connectivity index (χ1n) is 6.46. The highest BCUT2D eigenvalue weighted by Gasteiger charge is 2.11. The highest BCUT2D eigenvalue weighted by Crippen LogP contribution is 2.22. The van der Waals surface area contributed by atoms with Gasteiger partial charge in [-0.3, -0.25) is 4.40 Å². The minimum Gasteiger partial charge on any atom is -0.378 e. The van der Waals surface area contributed by atoms with Crippen LogP contribution in [0.25, 0.3) is 4.96 Å².